The first-order valence-electron chi connectivity index (χ1n) is 5.01. The van der Waals surface area contributed by atoms with Crippen LogP contribution in [-0.4, -0.2) is 31.5 Å². The van der Waals surface area contributed by atoms with Crippen LogP contribution in [0, 0.1) is 0 Å². The summed E-state index contributed by atoms with van der Waals surface area (Å²) in [5.41, 5.74) is 1.05. The van der Waals surface area contributed by atoms with E-state index in [0.717, 1.165) is 12.1 Å². The molecule has 0 radical (unpaired) electrons. The summed E-state index contributed by atoms with van der Waals surface area (Å²) >= 11 is 0. The molecule has 0 saturated heterocycles. The molecule has 0 heterocycles. The molecule has 0 spiro atoms. The quantitative estimate of drug-likeness (QED) is 0.400. The Morgan fingerprint density at radius 1 is 1.21 bits per heavy atom. The maximum absolute atomic E-state index is 10.8. The molecule has 0 saturated carbocycles. The topological polar surface area (TPSA) is 32.7 Å². The zero-order valence-corrected chi connectivity index (χ0v) is 11.2. The molecule has 0 rings (SSSR count). The number of rotatable bonds is 5. The summed E-state index contributed by atoms with van der Waals surface area (Å²) in [6.45, 7) is 10.3. The lowest BCUT2D eigenvalue weighted by molar-refractivity contribution is -0.116. The maximum Gasteiger partial charge on any atom is 0.168 e. The second-order valence-electron chi connectivity index (χ2n) is 4.73. The third-order valence-electron chi connectivity index (χ3n) is 2.13. The molecule has 0 fully saturated rings. The fourth-order valence-corrected chi connectivity index (χ4v) is 1.28. The molecule has 82 valence electrons. The Bertz CT molecular complexity index is 231. The van der Waals surface area contributed by atoms with Gasteiger partial charge in [0.25, 0.3) is 0 Å². The lowest BCUT2D eigenvalue weighted by Gasteiger charge is -2.27. The van der Waals surface area contributed by atoms with Crippen molar-refractivity contribution in [1.29, 1.82) is 0 Å². The van der Waals surface area contributed by atoms with Crippen molar-refractivity contribution in [2.45, 2.75) is 46.3 Å². The summed E-state index contributed by atoms with van der Waals surface area (Å²) in [5, 5.41) is 4.48. The van der Waals surface area contributed by atoms with Gasteiger partial charge < -0.3 is 9.47 Å². The van der Waals surface area contributed by atoms with Gasteiger partial charge in [0, 0.05) is 19.2 Å². The SMILES string of the molecule is CC(=O)CCC(C)=NN(C)[Si](C)(C)C. The van der Waals surface area contributed by atoms with E-state index in [1.54, 1.807) is 6.92 Å². The van der Waals surface area contributed by atoms with Gasteiger partial charge in [0.05, 0.1) is 0 Å². The number of carbonyl (C=O) groups is 1. The Morgan fingerprint density at radius 3 is 2.07 bits per heavy atom. The largest absolute Gasteiger partial charge is 0.328 e. The summed E-state index contributed by atoms with van der Waals surface area (Å²) in [6, 6.07) is 0. The molecule has 0 unspecified atom stereocenters. The zero-order chi connectivity index (χ0) is 11.4. The third kappa shape index (κ3) is 5.91. The minimum atomic E-state index is -1.32. The molecule has 0 aromatic rings. The summed E-state index contributed by atoms with van der Waals surface area (Å²) in [7, 11) is 0.699. The minimum Gasteiger partial charge on any atom is -0.328 e. The molecule has 0 bridgehead atoms. The summed E-state index contributed by atoms with van der Waals surface area (Å²) in [6.07, 6.45) is 1.39. The minimum absolute atomic E-state index is 0.232. The second kappa shape index (κ2) is 5.29. The van der Waals surface area contributed by atoms with Crippen molar-refractivity contribution in [3.8, 4) is 0 Å². The van der Waals surface area contributed by atoms with E-state index in [0.29, 0.717) is 6.42 Å². The van der Waals surface area contributed by atoms with E-state index in [4.69, 9.17) is 0 Å². The van der Waals surface area contributed by atoms with Gasteiger partial charge in [0.1, 0.15) is 5.78 Å². The average Bonchev–Trinajstić information content (AvgIpc) is 1.99. The van der Waals surface area contributed by atoms with Gasteiger partial charge in [-0.3, -0.25) is 0 Å². The van der Waals surface area contributed by atoms with Gasteiger partial charge in [0.15, 0.2) is 8.24 Å². The van der Waals surface area contributed by atoms with Crippen LogP contribution in [0.2, 0.25) is 19.6 Å². The van der Waals surface area contributed by atoms with Gasteiger partial charge in [-0.25, -0.2) is 0 Å². The number of hydrogen-bond acceptors (Lipinski definition) is 3. The third-order valence-corrected chi connectivity index (χ3v) is 4.17. The van der Waals surface area contributed by atoms with Crippen molar-refractivity contribution in [3.63, 3.8) is 0 Å². The van der Waals surface area contributed by atoms with E-state index in [1.165, 1.54) is 0 Å². The fourth-order valence-electron chi connectivity index (χ4n) is 0.813. The normalized spacial score (nSPS) is 12.9. The van der Waals surface area contributed by atoms with Gasteiger partial charge in [0.2, 0.25) is 0 Å². The lowest BCUT2D eigenvalue weighted by Crippen LogP contribution is -2.39. The molecule has 0 aromatic carbocycles. The van der Waals surface area contributed by atoms with Gasteiger partial charge in [-0.15, -0.1) is 0 Å². The Hall–Kier alpha value is -0.643. The van der Waals surface area contributed by atoms with Crippen LogP contribution in [0.25, 0.3) is 0 Å². The van der Waals surface area contributed by atoms with Gasteiger partial charge in [-0.2, -0.15) is 5.10 Å². The zero-order valence-electron chi connectivity index (χ0n) is 10.2. The number of nitrogens with zero attached hydrogens (tertiary/aromatic N) is 2. The number of hydrogen-bond donors (Lipinski definition) is 0. The highest BCUT2D eigenvalue weighted by molar-refractivity contribution is 6.73. The van der Waals surface area contributed by atoms with E-state index in [9.17, 15) is 4.79 Å². The molecule has 0 aromatic heterocycles. The molecule has 3 nitrogen and oxygen atoms in total. The van der Waals surface area contributed by atoms with Gasteiger partial charge in [-0.05, 0) is 20.3 Å². The van der Waals surface area contributed by atoms with E-state index in [1.807, 2.05) is 14.0 Å². The lowest BCUT2D eigenvalue weighted by atomic mass is 10.2. The van der Waals surface area contributed by atoms with E-state index in [2.05, 4.69) is 29.4 Å². The molecule has 0 aliphatic carbocycles. The summed E-state index contributed by atoms with van der Waals surface area (Å²) in [4.78, 5) is 10.8. The smallest absolute Gasteiger partial charge is 0.168 e. The Balaban J connectivity index is 4.16. The first-order valence-corrected chi connectivity index (χ1v) is 8.45. The van der Waals surface area contributed by atoms with Crippen LogP contribution in [0.3, 0.4) is 0 Å². The van der Waals surface area contributed by atoms with E-state index < -0.39 is 8.24 Å². The Kier molecular flexibility index (Phi) is 5.05. The molecule has 0 amide bonds. The maximum atomic E-state index is 10.8. The first kappa shape index (κ1) is 13.4. The van der Waals surface area contributed by atoms with Crippen molar-refractivity contribution >= 4 is 19.7 Å². The molecule has 0 aliphatic rings. The predicted molar refractivity (Wildman–Crippen MR) is 64.1 cm³/mol. The fraction of sp³-hybridized carbons (Fsp3) is 0.800. The average molecular weight is 214 g/mol. The standard InChI is InChI=1S/C10H22N2OSi/c1-9(7-8-10(2)13)11-12(3)14(4,5)6/h7-8H2,1-6H3. The van der Waals surface area contributed by atoms with Crippen molar-refractivity contribution in [2.75, 3.05) is 7.05 Å². The van der Waals surface area contributed by atoms with Crippen molar-refractivity contribution in [1.82, 2.24) is 4.67 Å². The summed E-state index contributed by atoms with van der Waals surface area (Å²) < 4.78 is 2.07. The molecular formula is C10H22N2OSi. The van der Waals surface area contributed by atoms with Crippen molar-refractivity contribution < 1.29 is 4.79 Å². The van der Waals surface area contributed by atoms with Crippen molar-refractivity contribution in [3.05, 3.63) is 0 Å². The molecule has 0 aliphatic heterocycles. The monoisotopic (exact) mass is 214 g/mol. The number of Topliss-reactive ketones (excluding diaryl/α,β-unsaturated/α-hetero) is 1. The number of hydrazone groups is 1. The number of ketones is 1. The van der Waals surface area contributed by atoms with Crippen molar-refractivity contribution in [2.24, 2.45) is 5.10 Å². The van der Waals surface area contributed by atoms with E-state index >= 15 is 0 Å². The highest BCUT2D eigenvalue weighted by Crippen LogP contribution is 2.07. The Labute approximate surface area is 88.3 Å². The van der Waals surface area contributed by atoms with Crippen LogP contribution < -0.4 is 0 Å². The van der Waals surface area contributed by atoms with Crippen LogP contribution in [0.15, 0.2) is 5.10 Å². The number of carbonyl (C=O) groups excluding carboxylic acids is 1. The van der Waals surface area contributed by atoms with Gasteiger partial charge >= 0.3 is 0 Å². The van der Waals surface area contributed by atoms with Crippen LogP contribution in [-0.2, 0) is 4.79 Å². The molecule has 0 atom stereocenters. The highest BCUT2D eigenvalue weighted by Gasteiger charge is 2.18. The van der Waals surface area contributed by atoms with E-state index in [-0.39, 0.29) is 5.78 Å². The molecule has 4 heteroatoms. The van der Waals surface area contributed by atoms with Crippen LogP contribution in [0.5, 0.6) is 0 Å². The van der Waals surface area contributed by atoms with Crippen LogP contribution >= 0.6 is 0 Å². The summed E-state index contributed by atoms with van der Waals surface area (Å²) in [5.74, 6) is 0.232. The predicted octanol–water partition coefficient (Wildman–Crippen LogP) is 2.50. The van der Waals surface area contributed by atoms with Crippen LogP contribution in [0.4, 0.5) is 0 Å². The highest BCUT2D eigenvalue weighted by atomic mass is 28.3. The molecular weight excluding hydrogens is 192 g/mol. The first-order chi connectivity index (χ1) is 6.23. The Morgan fingerprint density at radius 2 is 1.71 bits per heavy atom. The molecule has 14 heavy (non-hydrogen) atoms. The van der Waals surface area contributed by atoms with Gasteiger partial charge in [-0.1, -0.05) is 19.6 Å². The molecule has 0 N–H and O–H groups in total. The van der Waals surface area contributed by atoms with Crippen LogP contribution in [0.1, 0.15) is 26.7 Å². The second-order valence-corrected chi connectivity index (χ2v) is 9.72.